The standard InChI is InChI=1S/C26H31NO/c1-4-7-8-19-9-11-20(12-10-19)21-13-15-22(16-14-21)24-17-18-25(28)23(5-2)26(24)27-6-3/h4-6,13-20,28H,1-2,7-12H2,3H3. The molecule has 1 fully saturated rings. The molecule has 1 aliphatic carbocycles. The molecule has 2 aromatic rings. The number of hydrogen-bond acceptors (Lipinski definition) is 2. The average molecular weight is 374 g/mol. The van der Waals surface area contributed by atoms with Crippen LogP contribution in [-0.4, -0.2) is 11.3 Å². The number of aliphatic imine (C=N–C) groups is 1. The lowest BCUT2D eigenvalue weighted by Crippen LogP contribution is -2.13. The Morgan fingerprint density at radius 3 is 2.36 bits per heavy atom. The van der Waals surface area contributed by atoms with Gasteiger partial charge in [-0.1, -0.05) is 43.0 Å². The fourth-order valence-electron chi connectivity index (χ4n) is 4.37. The Balaban J connectivity index is 1.79. The van der Waals surface area contributed by atoms with E-state index in [2.05, 4.69) is 42.4 Å². The molecule has 3 rings (SSSR count). The summed E-state index contributed by atoms with van der Waals surface area (Å²) >= 11 is 0. The lowest BCUT2D eigenvalue weighted by Gasteiger charge is -2.28. The molecular weight excluding hydrogens is 342 g/mol. The summed E-state index contributed by atoms with van der Waals surface area (Å²) in [6, 6.07) is 12.6. The van der Waals surface area contributed by atoms with Crippen molar-refractivity contribution >= 4 is 18.0 Å². The highest BCUT2D eigenvalue weighted by atomic mass is 16.3. The summed E-state index contributed by atoms with van der Waals surface area (Å²) in [4.78, 5) is 4.50. The SMILES string of the molecule is C=CCCC1CCC(c2ccc(-c3ccc(O)c(C=C)c3N=CC)cc2)CC1. The number of nitrogens with zero attached hydrogens (tertiary/aromatic N) is 1. The molecule has 28 heavy (non-hydrogen) atoms. The minimum Gasteiger partial charge on any atom is -0.507 e. The number of benzene rings is 2. The van der Waals surface area contributed by atoms with Gasteiger partial charge < -0.3 is 5.11 Å². The fraction of sp³-hybridized carbons (Fsp3) is 0.346. The van der Waals surface area contributed by atoms with Crippen molar-refractivity contribution in [1.82, 2.24) is 0 Å². The Kier molecular flexibility index (Phi) is 6.86. The molecule has 0 aliphatic heterocycles. The van der Waals surface area contributed by atoms with Crippen LogP contribution in [0.3, 0.4) is 0 Å². The minimum atomic E-state index is 0.212. The first-order valence-electron chi connectivity index (χ1n) is 10.4. The number of rotatable bonds is 7. The lowest BCUT2D eigenvalue weighted by molar-refractivity contribution is 0.312. The fourth-order valence-corrected chi connectivity index (χ4v) is 4.37. The van der Waals surface area contributed by atoms with Gasteiger partial charge >= 0.3 is 0 Å². The number of hydrogen-bond donors (Lipinski definition) is 1. The summed E-state index contributed by atoms with van der Waals surface area (Å²) in [5.41, 5.74) is 5.03. The molecule has 146 valence electrons. The van der Waals surface area contributed by atoms with Crippen LogP contribution in [0.1, 0.15) is 62.5 Å². The van der Waals surface area contributed by atoms with E-state index in [1.165, 1.54) is 37.7 Å². The van der Waals surface area contributed by atoms with Gasteiger partial charge in [0.25, 0.3) is 0 Å². The molecule has 0 saturated heterocycles. The molecule has 1 aliphatic rings. The highest BCUT2D eigenvalue weighted by Crippen LogP contribution is 2.41. The Labute approximate surface area is 169 Å². The van der Waals surface area contributed by atoms with Crippen molar-refractivity contribution in [1.29, 1.82) is 0 Å². The van der Waals surface area contributed by atoms with Crippen LogP contribution in [0.25, 0.3) is 17.2 Å². The summed E-state index contributed by atoms with van der Waals surface area (Å²) in [6.45, 7) is 9.56. The Morgan fingerprint density at radius 1 is 1.04 bits per heavy atom. The van der Waals surface area contributed by atoms with Gasteiger partial charge in [0.15, 0.2) is 0 Å². The maximum Gasteiger partial charge on any atom is 0.124 e. The first-order chi connectivity index (χ1) is 13.7. The van der Waals surface area contributed by atoms with E-state index in [4.69, 9.17) is 0 Å². The van der Waals surface area contributed by atoms with E-state index in [9.17, 15) is 5.11 Å². The van der Waals surface area contributed by atoms with Gasteiger partial charge in [-0.25, -0.2) is 0 Å². The minimum absolute atomic E-state index is 0.212. The number of phenols is 1. The molecule has 2 heteroatoms. The second-order valence-electron chi connectivity index (χ2n) is 7.69. The molecular formula is C26H31NO. The third kappa shape index (κ3) is 4.44. The van der Waals surface area contributed by atoms with E-state index in [0.717, 1.165) is 29.2 Å². The van der Waals surface area contributed by atoms with E-state index in [1.807, 2.05) is 19.1 Å². The van der Waals surface area contributed by atoms with Crippen LogP contribution in [0, 0.1) is 5.92 Å². The summed E-state index contributed by atoms with van der Waals surface area (Å²) in [7, 11) is 0. The molecule has 0 amide bonds. The van der Waals surface area contributed by atoms with Gasteiger partial charge in [-0.05, 0) is 80.5 Å². The van der Waals surface area contributed by atoms with Crippen LogP contribution < -0.4 is 0 Å². The van der Waals surface area contributed by atoms with Crippen LogP contribution in [0.2, 0.25) is 0 Å². The molecule has 1 saturated carbocycles. The quantitative estimate of drug-likeness (QED) is 0.392. The Hall–Kier alpha value is -2.61. The summed E-state index contributed by atoms with van der Waals surface area (Å²) in [5.74, 6) is 1.76. The smallest absolute Gasteiger partial charge is 0.124 e. The van der Waals surface area contributed by atoms with Gasteiger partial charge in [-0.15, -0.1) is 6.58 Å². The highest BCUT2D eigenvalue weighted by molar-refractivity contribution is 5.87. The third-order valence-corrected chi connectivity index (χ3v) is 5.98. The largest absolute Gasteiger partial charge is 0.507 e. The molecule has 0 aromatic heterocycles. The maximum absolute atomic E-state index is 10.1. The zero-order chi connectivity index (χ0) is 19.9. The molecule has 0 spiro atoms. The van der Waals surface area contributed by atoms with Crippen molar-refractivity contribution in [3.8, 4) is 16.9 Å². The van der Waals surface area contributed by atoms with Gasteiger partial charge in [0.05, 0.1) is 5.69 Å². The molecule has 2 aromatic carbocycles. The third-order valence-electron chi connectivity index (χ3n) is 5.98. The van der Waals surface area contributed by atoms with E-state index in [0.29, 0.717) is 11.5 Å². The topological polar surface area (TPSA) is 32.6 Å². The summed E-state index contributed by atoms with van der Waals surface area (Å²) in [5, 5.41) is 10.1. The second kappa shape index (κ2) is 9.54. The Morgan fingerprint density at radius 2 is 1.75 bits per heavy atom. The van der Waals surface area contributed by atoms with Crippen molar-refractivity contribution in [2.75, 3.05) is 0 Å². The Bertz CT molecular complexity index is 839. The van der Waals surface area contributed by atoms with E-state index in [1.54, 1.807) is 18.4 Å². The van der Waals surface area contributed by atoms with Crippen LogP contribution in [0.15, 0.2) is 60.6 Å². The zero-order valence-corrected chi connectivity index (χ0v) is 16.9. The van der Waals surface area contributed by atoms with Gasteiger partial charge in [-0.2, -0.15) is 0 Å². The highest BCUT2D eigenvalue weighted by Gasteiger charge is 2.22. The van der Waals surface area contributed by atoms with Crippen LogP contribution in [-0.2, 0) is 0 Å². The summed E-state index contributed by atoms with van der Waals surface area (Å²) < 4.78 is 0. The van der Waals surface area contributed by atoms with Crippen LogP contribution >= 0.6 is 0 Å². The van der Waals surface area contributed by atoms with Gasteiger partial charge in [-0.3, -0.25) is 4.99 Å². The first-order valence-corrected chi connectivity index (χ1v) is 10.4. The van der Waals surface area contributed by atoms with Crippen molar-refractivity contribution in [3.63, 3.8) is 0 Å². The normalized spacial score (nSPS) is 19.6. The lowest BCUT2D eigenvalue weighted by atomic mass is 9.77. The molecule has 0 heterocycles. The maximum atomic E-state index is 10.1. The zero-order valence-electron chi connectivity index (χ0n) is 16.9. The van der Waals surface area contributed by atoms with E-state index in [-0.39, 0.29) is 5.75 Å². The molecule has 0 radical (unpaired) electrons. The second-order valence-corrected chi connectivity index (χ2v) is 7.69. The number of allylic oxidation sites excluding steroid dienone is 1. The monoisotopic (exact) mass is 373 g/mol. The molecule has 2 nitrogen and oxygen atoms in total. The average Bonchev–Trinajstić information content (AvgIpc) is 2.73. The summed E-state index contributed by atoms with van der Waals surface area (Å²) in [6.07, 6.45) is 13.1. The van der Waals surface area contributed by atoms with Crippen molar-refractivity contribution in [2.45, 2.75) is 51.4 Å². The molecule has 0 atom stereocenters. The van der Waals surface area contributed by atoms with Gasteiger partial charge in [0, 0.05) is 17.3 Å². The van der Waals surface area contributed by atoms with E-state index < -0.39 is 0 Å². The molecule has 1 N–H and O–H groups in total. The van der Waals surface area contributed by atoms with Crippen LogP contribution in [0.4, 0.5) is 5.69 Å². The van der Waals surface area contributed by atoms with Crippen molar-refractivity contribution < 1.29 is 5.11 Å². The van der Waals surface area contributed by atoms with Crippen LogP contribution in [0.5, 0.6) is 5.75 Å². The van der Waals surface area contributed by atoms with Gasteiger partial charge in [0.1, 0.15) is 5.75 Å². The first kappa shape index (κ1) is 20.1. The van der Waals surface area contributed by atoms with Crippen molar-refractivity contribution in [2.24, 2.45) is 10.9 Å². The molecule has 0 bridgehead atoms. The predicted molar refractivity (Wildman–Crippen MR) is 122 cm³/mol. The van der Waals surface area contributed by atoms with E-state index >= 15 is 0 Å². The number of aromatic hydroxyl groups is 1. The van der Waals surface area contributed by atoms with Crippen molar-refractivity contribution in [3.05, 3.63) is 66.8 Å². The molecule has 0 unspecified atom stereocenters. The number of phenolic OH excluding ortho intramolecular Hbond substituents is 1. The predicted octanol–water partition coefficient (Wildman–Crippen LogP) is 7.66. The van der Waals surface area contributed by atoms with Gasteiger partial charge in [0.2, 0.25) is 0 Å².